The number of pyridine rings is 1. The van der Waals surface area contributed by atoms with E-state index in [4.69, 9.17) is 10.5 Å². The molecule has 0 unspecified atom stereocenters. The summed E-state index contributed by atoms with van der Waals surface area (Å²) in [6.07, 6.45) is 2.69. The van der Waals surface area contributed by atoms with E-state index in [1.807, 2.05) is 36.4 Å². The predicted octanol–water partition coefficient (Wildman–Crippen LogP) is 3.34. The highest BCUT2D eigenvalue weighted by Crippen LogP contribution is 2.30. The number of aromatic nitrogens is 1. The third-order valence-electron chi connectivity index (χ3n) is 2.96. The SMILES string of the molecule is COc1ccc(N(CCCN)c2ncccc2Br)cc1. The van der Waals surface area contributed by atoms with Gasteiger partial charge in [0.2, 0.25) is 0 Å². The lowest BCUT2D eigenvalue weighted by Gasteiger charge is -2.24. The molecular formula is C15H18BrN3O. The third kappa shape index (κ3) is 3.49. The van der Waals surface area contributed by atoms with Gasteiger partial charge in [-0.3, -0.25) is 0 Å². The van der Waals surface area contributed by atoms with Gasteiger partial charge in [0.1, 0.15) is 11.6 Å². The van der Waals surface area contributed by atoms with Crippen molar-refractivity contribution in [3.8, 4) is 5.75 Å². The van der Waals surface area contributed by atoms with Gasteiger partial charge in [-0.2, -0.15) is 0 Å². The molecule has 0 aliphatic carbocycles. The first-order valence-corrected chi connectivity index (χ1v) is 7.27. The first-order chi connectivity index (χ1) is 9.76. The van der Waals surface area contributed by atoms with E-state index in [1.54, 1.807) is 13.3 Å². The average Bonchev–Trinajstić information content (AvgIpc) is 2.50. The topological polar surface area (TPSA) is 51.4 Å². The molecule has 1 aromatic heterocycles. The van der Waals surface area contributed by atoms with Crippen molar-refractivity contribution in [3.63, 3.8) is 0 Å². The Morgan fingerprint density at radius 3 is 2.60 bits per heavy atom. The fourth-order valence-corrected chi connectivity index (χ4v) is 2.41. The Bertz CT molecular complexity index is 545. The van der Waals surface area contributed by atoms with E-state index >= 15 is 0 Å². The smallest absolute Gasteiger partial charge is 0.147 e. The zero-order valence-electron chi connectivity index (χ0n) is 11.4. The number of methoxy groups -OCH3 is 1. The zero-order chi connectivity index (χ0) is 14.4. The maximum Gasteiger partial charge on any atom is 0.147 e. The van der Waals surface area contributed by atoms with Crippen molar-refractivity contribution >= 4 is 27.4 Å². The molecule has 1 heterocycles. The van der Waals surface area contributed by atoms with E-state index in [1.165, 1.54) is 0 Å². The Morgan fingerprint density at radius 1 is 1.25 bits per heavy atom. The van der Waals surface area contributed by atoms with Crippen LogP contribution in [0.3, 0.4) is 0 Å². The van der Waals surface area contributed by atoms with Crippen LogP contribution in [0.25, 0.3) is 0 Å². The van der Waals surface area contributed by atoms with Crippen LogP contribution in [0.5, 0.6) is 5.75 Å². The molecular weight excluding hydrogens is 318 g/mol. The standard InChI is InChI=1S/C15H18BrN3O/c1-20-13-7-5-12(6-8-13)19(11-3-9-17)15-14(16)4-2-10-18-15/h2,4-8,10H,3,9,11,17H2,1H3. The first kappa shape index (κ1) is 14.8. The van der Waals surface area contributed by atoms with Gasteiger partial charge < -0.3 is 15.4 Å². The molecule has 2 rings (SSSR count). The fourth-order valence-electron chi connectivity index (χ4n) is 1.94. The first-order valence-electron chi connectivity index (χ1n) is 6.48. The Hall–Kier alpha value is -1.59. The van der Waals surface area contributed by atoms with E-state index in [0.717, 1.165) is 34.7 Å². The highest BCUT2D eigenvalue weighted by molar-refractivity contribution is 9.10. The van der Waals surface area contributed by atoms with Crippen LogP contribution in [-0.4, -0.2) is 25.2 Å². The molecule has 20 heavy (non-hydrogen) atoms. The molecule has 4 nitrogen and oxygen atoms in total. The Kier molecular flexibility index (Phi) is 5.38. The average molecular weight is 336 g/mol. The fraction of sp³-hybridized carbons (Fsp3) is 0.267. The molecule has 0 amide bonds. The van der Waals surface area contributed by atoms with Crippen LogP contribution in [0.1, 0.15) is 6.42 Å². The molecule has 2 aromatic rings. The van der Waals surface area contributed by atoms with Crippen LogP contribution >= 0.6 is 15.9 Å². The van der Waals surface area contributed by atoms with Crippen LogP contribution in [0.15, 0.2) is 47.1 Å². The van der Waals surface area contributed by atoms with E-state index < -0.39 is 0 Å². The largest absolute Gasteiger partial charge is 0.497 e. The number of rotatable bonds is 6. The van der Waals surface area contributed by atoms with E-state index in [0.29, 0.717) is 6.54 Å². The lowest BCUT2D eigenvalue weighted by Crippen LogP contribution is -2.22. The third-order valence-corrected chi connectivity index (χ3v) is 3.58. The van der Waals surface area contributed by atoms with E-state index in [-0.39, 0.29) is 0 Å². The molecule has 0 saturated heterocycles. The molecule has 0 saturated carbocycles. The van der Waals surface area contributed by atoms with Crippen molar-refractivity contribution in [1.29, 1.82) is 0 Å². The molecule has 0 bridgehead atoms. The number of benzene rings is 1. The van der Waals surface area contributed by atoms with Gasteiger partial charge in [0.15, 0.2) is 0 Å². The van der Waals surface area contributed by atoms with Gasteiger partial charge in [0.25, 0.3) is 0 Å². The normalized spacial score (nSPS) is 10.3. The van der Waals surface area contributed by atoms with Crippen molar-refractivity contribution < 1.29 is 4.74 Å². The van der Waals surface area contributed by atoms with Gasteiger partial charge in [-0.15, -0.1) is 0 Å². The van der Waals surface area contributed by atoms with Crippen molar-refractivity contribution in [1.82, 2.24) is 4.98 Å². The highest BCUT2D eigenvalue weighted by atomic mass is 79.9. The minimum Gasteiger partial charge on any atom is -0.497 e. The Morgan fingerprint density at radius 2 is 2.00 bits per heavy atom. The molecule has 2 N–H and O–H groups in total. The van der Waals surface area contributed by atoms with Crippen molar-refractivity contribution in [3.05, 3.63) is 47.1 Å². The van der Waals surface area contributed by atoms with Crippen molar-refractivity contribution in [2.45, 2.75) is 6.42 Å². The van der Waals surface area contributed by atoms with Gasteiger partial charge >= 0.3 is 0 Å². The van der Waals surface area contributed by atoms with Gasteiger partial charge in [-0.05, 0) is 65.3 Å². The second-order valence-corrected chi connectivity index (χ2v) is 5.16. The number of hydrogen-bond donors (Lipinski definition) is 1. The Labute approximate surface area is 127 Å². The summed E-state index contributed by atoms with van der Waals surface area (Å²) >= 11 is 3.55. The summed E-state index contributed by atoms with van der Waals surface area (Å²) in [7, 11) is 1.66. The van der Waals surface area contributed by atoms with Gasteiger partial charge in [-0.25, -0.2) is 4.98 Å². The number of anilines is 2. The summed E-state index contributed by atoms with van der Waals surface area (Å²) in [6.45, 7) is 1.47. The number of nitrogens with two attached hydrogens (primary N) is 1. The summed E-state index contributed by atoms with van der Waals surface area (Å²) < 4.78 is 6.16. The molecule has 1 aromatic carbocycles. The summed E-state index contributed by atoms with van der Waals surface area (Å²) in [6, 6.07) is 11.8. The number of ether oxygens (including phenoxy) is 1. The second kappa shape index (κ2) is 7.26. The summed E-state index contributed by atoms with van der Waals surface area (Å²) in [5.74, 6) is 1.73. The number of nitrogens with zero attached hydrogens (tertiary/aromatic N) is 2. The molecule has 106 valence electrons. The maximum absolute atomic E-state index is 5.64. The minimum absolute atomic E-state index is 0.650. The number of halogens is 1. The van der Waals surface area contributed by atoms with E-state index in [9.17, 15) is 0 Å². The summed E-state index contributed by atoms with van der Waals surface area (Å²) in [5, 5.41) is 0. The van der Waals surface area contributed by atoms with E-state index in [2.05, 4.69) is 25.8 Å². The molecule has 0 spiro atoms. The monoisotopic (exact) mass is 335 g/mol. The van der Waals surface area contributed by atoms with Crippen molar-refractivity contribution in [2.24, 2.45) is 5.73 Å². The second-order valence-electron chi connectivity index (χ2n) is 4.30. The summed E-state index contributed by atoms with van der Waals surface area (Å²) in [4.78, 5) is 6.61. The van der Waals surface area contributed by atoms with Crippen LogP contribution in [-0.2, 0) is 0 Å². The molecule has 5 heteroatoms. The van der Waals surface area contributed by atoms with Crippen LogP contribution in [0.2, 0.25) is 0 Å². The Balaban J connectivity index is 2.33. The van der Waals surface area contributed by atoms with Crippen LogP contribution in [0.4, 0.5) is 11.5 Å². The molecule has 0 aliphatic heterocycles. The lowest BCUT2D eigenvalue weighted by atomic mass is 10.2. The quantitative estimate of drug-likeness (QED) is 0.879. The van der Waals surface area contributed by atoms with Gasteiger partial charge in [-0.1, -0.05) is 0 Å². The number of hydrogen-bond acceptors (Lipinski definition) is 4. The minimum atomic E-state index is 0.650. The van der Waals surface area contributed by atoms with Gasteiger partial charge in [0, 0.05) is 18.4 Å². The van der Waals surface area contributed by atoms with Crippen LogP contribution in [0, 0.1) is 0 Å². The molecule has 0 aliphatic rings. The zero-order valence-corrected chi connectivity index (χ0v) is 13.0. The van der Waals surface area contributed by atoms with Crippen molar-refractivity contribution in [2.75, 3.05) is 25.1 Å². The van der Waals surface area contributed by atoms with Crippen LogP contribution < -0.4 is 15.4 Å². The lowest BCUT2D eigenvalue weighted by molar-refractivity contribution is 0.415. The predicted molar refractivity (Wildman–Crippen MR) is 85.6 cm³/mol. The maximum atomic E-state index is 5.64. The highest BCUT2D eigenvalue weighted by Gasteiger charge is 2.13. The molecule has 0 atom stereocenters. The van der Waals surface area contributed by atoms with Gasteiger partial charge in [0.05, 0.1) is 11.6 Å². The summed E-state index contributed by atoms with van der Waals surface area (Å²) in [5.41, 5.74) is 6.71. The molecule has 0 radical (unpaired) electrons. The molecule has 0 fully saturated rings.